The number of carbonyl (C=O) groups is 1. The topological polar surface area (TPSA) is 83.5 Å². The molecule has 0 fully saturated rings. The minimum Gasteiger partial charge on any atom is -0.747 e. The number of unbranched alkanes of at least 4 members (excludes halogenated alkanes) is 18. The summed E-state index contributed by atoms with van der Waals surface area (Å²) < 4.78 is 39.6. The number of rotatable bonds is 24. The van der Waals surface area contributed by atoms with Crippen molar-refractivity contribution in [3.8, 4) is 0 Å². The summed E-state index contributed by atoms with van der Waals surface area (Å²) in [6.45, 7) is 4.63. The Kier molecular flexibility index (Phi) is 27.4. The van der Waals surface area contributed by atoms with Gasteiger partial charge in [0.2, 0.25) is 0 Å². The molecule has 0 bridgehead atoms. The van der Waals surface area contributed by atoms with E-state index in [2.05, 4.69) is 13.8 Å². The Balaban J connectivity index is 0. The summed E-state index contributed by atoms with van der Waals surface area (Å²) >= 11 is 0. The molecule has 0 aliphatic heterocycles. The van der Waals surface area contributed by atoms with Crippen LogP contribution in [0.4, 0.5) is 0 Å². The van der Waals surface area contributed by atoms with E-state index in [4.69, 9.17) is 4.74 Å². The van der Waals surface area contributed by atoms with Crippen molar-refractivity contribution >= 4 is 16.1 Å². The Morgan fingerprint density at radius 2 is 0.970 bits per heavy atom. The summed E-state index contributed by atoms with van der Waals surface area (Å²) in [4.78, 5) is 12.1. The second kappa shape index (κ2) is 25.5. The molecule has 7 heteroatoms. The third-order valence-electron chi connectivity index (χ3n) is 6.17. The molecule has 0 aromatic carbocycles. The standard InChI is InChI=1S/C26H52O5S.Na/c1-3-5-7-9-11-13-14-15-16-18-20-22-24-31-26(27)25(32(28,29)30)23-21-19-17-12-10-8-6-4-2;/h25H,3-24H2,1-2H3,(H,28,29,30);/q;+1/p-1. The Labute approximate surface area is 227 Å². The SMILES string of the molecule is CCCCCCCCCCCCCCOC(=O)C(CCCCCCCCCC)S(=O)(=O)[O-].[Na+]. The first-order chi connectivity index (χ1) is 15.4. The van der Waals surface area contributed by atoms with Gasteiger partial charge in [-0.05, 0) is 12.8 Å². The Morgan fingerprint density at radius 1 is 0.636 bits per heavy atom. The maximum Gasteiger partial charge on any atom is 1.00 e. The number of hydrogen-bond donors (Lipinski definition) is 0. The van der Waals surface area contributed by atoms with Crippen LogP contribution < -0.4 is 29.6 Å². The van der Waals surface area contributed by atoms with E-state index in [1.54, 1.807) is 0 Å². The van der Waals surface area contributed by atoms with E-state index in [9.17, 15) is 17.8 Å². The van der Waals surface area contributed by atoms with Crippen molar-refractivity contribution in [1.29, 1.82) is 0 Å². The minimum absolute atomic E-state index is 0. The van der Waals surface area contributed by atoms with Gasteiger partial charge in [-0.2, -0.15) is 0 Å². The Bertz CT molecular complexity index is 525. The zero-order chi connectivity index (χ0) is 23.9. The molecule has 0 aliphatic rings. The first-order valence-electron chi connectivity index (χ1n) is 13.5. The van der Waals surface area contributed by atoms with Crippen LogP contribution >= 0.6 is 0 Å². The van der Waals surface area contributed by atoms with E-state index >= 15 is 0 Å². The molecule has 0 saturated heterocycles. The van der Waals surface area contributed by atoms with Crippen LogP contribution in [0.15, 0.2) is 0 Å². The molecular weight excluding hydrogens is 447 g/mol. The van der Waals surface area contributed by atoms with Gasteiger partial charge in [-0.3, -0.25) is 4.79 Å². The van der Waals surface area contributed by atoms with Crippen molar-refractivity contribution in [3.05, 3.63) is 0 Å². The predicted molar refractivity (Wildman–Crippen MR) is 133 cm³/mol. The fourth-order valence-electron chi connectivity index (χ4n) is 4.05. The molecule has 5 nitrogen and oxygen atoms in total. The van der Waals surface area contributed by atoms with Crippen LogP contribution in [0.3, 0.4) is 0 Å². The molecule has 0 radical (unpaired) electrons. The fourth-order valence-corrected chi connectivity index (χ4v) is 4.81. The van der Waals surface area contributed by atoms with E-state index in [1.807, 2.05) is 0 Å². The minimum atomic E-state index is -4.66. The van der Waals surface area contributed by atoms with Gasteiger partial charge in [0.1, 0.15) is 15.4 Å². The van der Waals surface area contributed by atoms with Crippen molar-refractivity contribution < 1.29 is 52.1 Å². The molecule has 0 amide bonds. The smallest absolute Gasteiger partial charge is 0.747 e. The zero-order valence-corrected chi connectivity index (χ0v) is 24.9. The zero-order valence-electron chi connectivity index (χ0n) is 22.1. The van der Waals surface area contributed by atoms with E-state index < -0.39 is 21.3 Å². The normalized spacial score (nSPS) is 12.3. The summed E-state index contributed by atoms with van der Waals surface area (Å²) in [5.41, 5.74) is 0. The van der Waals surface area contributed by atoms with Crippen molar-refractivity contribution in [2.24, 2.45) is 0 Å². The van der Waals surface area contributed by atoms with Crippen LogP contribution in [0.5, 0.6) is 0 Å². The van der Waals surface area contributed by atoms with Gasteiger partial charge in [0.15, 0.2) is 0 Å². The van der Waals surface area contributed by atoms with E-state index in [0.29, 0.717) is 6.42 Å². The maximum absolute atomic E-state index is 12.1. The largest absolute Gasteiger partial charge is 1.00 e. The number of ether oxygens (including phenoxy) is 1. The molecule has 0 spiro atoms. The average Bonchev–Trinajstić information content (AvgIpc) is 2.74. The maximum atomic E-state index is 12.1. The van der Waals surface area contributed by atoms with E-state index in [1.165, 1.54) is 83.5 Å². The third-order valence-corrected chi connectivity index (χ3v) is 7.30. The number of carbonyl (C=O) groups excluding carboxylic acids is 1. The molecule has 0 rings (SSSR count). The van der Waals surface area contributed by atoms with Gasteiger partial charge in [0.25, 0.3) is 0 Å². The molecule has 0 aromatic heterocycles. The summed E-state index contributed by atoms with van der Waals surface area (Å²) in [6, 6.07) is 0. The van der Waals surface area contributed by atoms with Crippen molar-refractivity contribution in [1.82, 2.24) is 0 Å². The second-order valence-corrected chi connectivity index (χ2v) is 10.9. The molecule has 1 unspecified atom stereocenters. The first kappa shape index (κ1) is 35.5. The van der Waals surface area contributed by atoms with Gasteiger partial charge in [-0.25, -0.2) is 8.42 Å². The monoisotopic (exact) mass is 498 g/mol. The molecule has 192 valence electrons. The van der Waals surface area contributed by atoms with Crippen molar-refractivity contribution in [2.45, 2.75) is 154 Å². The molecule has 0 saturated carbocycles. The van der Waals surface area contributed by atoms with E-state index in [-0.39, 0.29) is 42.6 Å². The molecule has 0 aromatic rings. The first-order valence-corrected chi connectivity index (χ1v) is 15.0. The quantitative estimate of drug-likeness (QED) is 0.0835. The van der Waals surface area contributed by atoms with Crippen molar-refractivity contribution in [2.75, 3.05) is 6.61 Å². The molecular formula is C26H51NaO5S. The Hall–Kier alpha value is 0.380. The summed E-state index contributed by atoms with van der Waals surface area (Å²) in [5.74, 6) is -0.856. The fraction of sp³-hybridized carbons (Fsp3) is 0.962. The second-order valence-electron chi connectivity index (χ2n) is 9.30. The van der Waals surface area contributed by atoms with Gasteiger partial charge in [0.05, 0.1) is 6.61 Å². The van der Waals surface area contributed by atoms with Gasteiger partial charge >= 0.3 is 35.5 Å². The molecule has 33 heavy (non-hydrogen) atoms. The molecule has 0 heterocycles. The predicted octanol–water partition coefficient (Wildman–Crippen LogP) is 4.68. The van der Waals surface area contributed by atoms with Crippen LogP contribution in [0.2, 0.25) is 0 Å². The van der Waals surface area contributed by atoms with Crippen LogP contribution in [0.25, 0.3) is 0 Å². The molecule has 0 aliphatic carbocycles. The van der Waals surface area contributed by atoms with Crippen LogP contribution in [-0.4, -0.2) is 30.8 Å². The third kappa shape index (κ3) is 23.9. The molecule has 0 N–H and O–H groups in total. The summed E-state index contributed by atoms with van der Waals surface area (Å²) in [5, 5.41) is -1.54. The van der Waals surface area contributed by atoms with Crippen LogP contribution in [0.1, 0.15) is 149 Å². The van der Waals surface area contributed by atoms with E-state index in [0.717, 1.165) is 38.5 Å². The Morgan fingerprint density at radius 3 is 1.33 bits per heavy atom. The van der Waals surface area contributed by atoms with Gasteiger partial charge < -0.3 is 9.29 Å². The van der Waals surface area contributed by atoms with Gasteiger partial charge in [-0.15, -0.1) is 0 Å². The number of hydrogen-bond acceptors (Lipinski definition) is 5. The van der Waals surface area contributed by atoms with Crippen LogP contribution in [-0.2, 0) is 19.6 Å². The van der Waals surface area contributed by atoms with Gasteiger partial charge in [0, 0.05) is 0 Å². The number of esters is 1. The summed E-state index contributed by atoms with van der Waals surface area (Å²) in [7, 11) is -4.66. The average molecular weight is 499 g/mol. The van der Waals surface area contributed by atoms with Crippen molar-refractivity contribution in [3.63, 3.8) is 0 Å². The van der Waals surface area contributed by atoms with Crippen LogP contribution in [0, 0.1) is 0 Å². The van der Waals surface area contributed by atoms with Gasteiger partial charge in [-0.1, -0.05) is 136 Å². The molecule has 1 atom stereocenters. The summed E-state index contributed by atoms with van der Waals surface area (Å²) in [6.07, 6.45) is 23.1.